The Bertz CT molecular complexity index is 654. The highest BCUT2D eigenvalue weighted by atomic mass is 14.9. The molecule has 102 valence electrons. The van der Waals surface area contributed by atoms with E-state index >= 15 is 0 Å². The number of nitrogens with zero attached hydrogens (tertiary/aromatic N) is 3. The Balaban J connectivity index is 2.70. The van der Waals surface area contributed by atoms with Gasteiger partial charge in [0, 0.05) is 34.6 Å². The van der Waals surface area contributed by atoms with Gasteiger partial charge in [0.05, 0.1) is 0 Å². The second-order valence-electron chi connectivity index (χ2n) is 5.41. The molecule has 2 rings (SSSR count). The molecule has 0 aliphatic rings. The lowest BCUT2D eigenvalue weighted by Crippen LogP contribution is -2.19. The van der Waals surface area contributed by atoms with Crippen LogP contribution in [0.3, 0.4) is 0 Å². The number of hydrogen-bond donors (Lipinski definition) is 1. The van der Waals surface area contributed by atoms with Crippen molar-refractivity contribution >= 4 is 5.82 Å². The van der Waals surface area contributed by atoms with Crippen molar-refractivity contribution in [2.75, 3.05) is 5.73 Å². The van der Waals surface area contributed by atoms with E-state index in [0.29, 0.717) is 5.56 Å². The van der Waals surface area contributed by atoms with Gasteiger partial charge in [-0.1, -0.05) is 26.8 Å². The molecular formula is C16H18N4. The van der Waals surface area contributed by atoms with Crippen LogP contribution >= 0.6 is 0 Å². The van der Waals surface area contributed by atoms with Crippen LogP contribution in [0, 0.1) is 11.3 Å². The molecule has 2 aromatic rings. The van der Waals surface area contributed by atoms with E-state index in [1.54, 1.807) is 12.4 Å². The fourth-order valence-electron chi connectivity index (χ4n) is 1.96. The third-order valence-electron chi connectivity index (χ3n) is 3.71. The lowest BCUT2D eigenvalue weighted by molar-refractivity contribution is 0.491. The Morgan fingerprint density at radius 1 is 1.40 bits per heavy atom. The zero-order chi connectivity index (χ0) is 14.8. The standard InChI is InChI=1S/C16H18N4/c1-4-16(2,3)14-8-12(11-6-5-7-19-10-11)13(9-17)15(18)20-14/h5-8,10H,4H2,1-3H3,(H2,18,20). The van der Waals surface area contributed by atoms with E-state index in [1.807, 2.05) is 18.2 Å². The van der Waals surface area contributed by atoms with E-state index in [2.05, 4.69) is 36.8 Å². The summed E-state index contributed by atoms with van der Waals surface area (Å²) in [6.45, 7) is 6.35. The summed E-state index contributed by atoms with van der Waals surface area (Å²) < 4.78 is 0. The van der Waals surface area contributed by atoms with Crippen LogP contribution in [0.15, 0.2) is 30.6 Å². The van der Waals surface area contributed by atoms with Crippen molar-refractivity contribution in [3.8, 4) is 17.2 Å². The molecule has 20 heavy (non-hydrogen) atoms. The lowest BCUT2D eigenvalue weighted by atomic mass is 9.84. The van der Waals surface area contributed by atoms with Crippen LogP contribution < -0.4 is 5.73 Å². The lowest BCUT2D eigenvalue weighted by Gasteiger charge is -2.23. The number of aromatic nitrogens is 2. The molecule has 0 aliphatic heterocycles. The van der Waals surface area contributed by atoms with Crippen molar-refractivity contribution in [1.82, 2.24) is 9.97 Å². The van der Waals surface area contributed by atoms with Crippen molar-refractivity contribution in [2.45, 2.75) is 32.6 Å². The molecule has 4 heteroatoms. The first kappa shape index (κ1) is 14.0. The van der Waals surface area contributed by atoms with Crippen molar-refractivity contribution in [3.05, 3.63) is 41.9 Å². The molecule has 0 fully saturated rings. The highest BCUT2D eigenvalue weighted by molar-refractivity contribution is 5.75. The first-order valence-corrected chi connectivity index (χ1v) is 6.61. The van der Waals surface area contributed by atoms with Crippen LogP contribution in [0.4, 0.5) is 5.82 Å². The second kappa shape index (κ2) is 5.30. The molecule has 0 atom stereocenters. The third kappa shape index (κ3) is 2.48. The normalized spacial score (nSPS) is 11.1. The topological polar surface area (TPSA) is 75.6 Å². The van der Waals surface area contributed by atoms with E-state index in [-0.39, 0.29) is 11.2 Å². The van der Waals surface area contributed by atoms with Crippen molar-refractivity contribution < 1.29 is 0 Å². The molecule has 0 saturated carbocycles. The number of nitrogens with two attached hydrogens (primary N) is 1. The first-order chi connectivity index (χ1) is 9.49. The molecule has 0 spiro atoms. The number of anilines is 1. The number of rotatable bonds is 3. The predicted molar refractivity (Wildman–Crippen MR) is 79.9 cm³/mol. The molecule has 0 bridgehead atoms. The molecular weight excluding hydrogens is 248 g/mol. The minimum atomic E-state index is -0.0843. The molecule has 0 saturated heterocycles. The van der Waals surface area contributed by atoms with E-state index < -0.39 is 0 Å². The maximum absolute atomic E-state index is 9.32. The van der Waals surface area contributed by atoms with E-state index in [4.69, 9.17) is 5.73 Å². The van der Waals surface area contributed by atoms with Crippen LogP contribution in [0.1, 0.15) is 38.4 Å². The van der Waals surface area contributed by atoms with Gasteiger partial charge in [-0.05, 0) is 18.6 Å². The third-order valence-corrected chi connectivity index (χ3v) is 3.71. The summed E-state index contributed by atoms with van der Waals surface area (Å²) >= 11 is 0. The smallest absolute Gasteiger partial charge is 0.142 e. The van der Waals surface area contributed by atoms with Gasteiger partial charge in [-0.2, -0.15) is 5.26 Å². The molecule has 2 aromatic heterocycles. The highest BCUT2D eigenvalue weighted by Crippen LogP contribution is 2.32. The van der Waals surface area contributed by atoms with Crippen LogP contribution in [0.2, 0.25) is 0 Å². The van der Waals surface area contributed by atoms with E-state index in [1.165, 1.54) is 0 Å². The largest absolute Gasteiger partial charge is 0.383 e. The Morgan fingerprint density at radius 3 is 2.70 bits per heavy atom. The quantitative estimate of drug-likeness (QED) is 0.924. The molecule has 2 N–H and O–H groups in total. The monoisotopic (exact) mass is 266 g/mol. The van der Waals surface area contributed by atoms with Gasteiger partial charge in [0.25, 0.3) is 0 Å². The molecule has 0 aromatic carbocycles. The van der Waals surface area contributed by atoms with Crippen LogP contribution in [0.25, 0.3) is 11.1 Å². The van der Waals surface area contributed by atoms with Gasteiger partial charge in [0.1, 0.15) is 17.5 Å². The van der Waals surface area contributed by atoms with Gasteiger partial charge in [0.2, 0.25) is 0 Å². The van der Waals surface area contributed by atoms with Crippen molar-refractivity contribution in [2.24, 2.45) is 0 Å². The maximum Gasteiger partial charge on any atom is 0.142 e. The highest BCUT2D eigenvalue weighted by Gasteiger charge is 2.23. The van der Waals surface area contributed by atoms with Crippen LogP contribution in [0.5, 0.6) is 0 Å². The summed E-state index contributed by atoms with van der Waals surface area (Å²) in [5.74, 6) is 0.283. The fraction of sp³-hybridized carbons (Fsp3) is 0.312. The van der Waals surface area contributed by atoms with Gasteiger partial charge in [-0.15, -0.1) is 0 Å². The summed E-state index contributed by atoms with van der Waals surface area (Å²) in [5, 5.41) is 9.32. The second-order valence-corrected chi connectivity index (χ2v) is 5.41. The Hall–Kier alpha value is -2.41. The van der Waals surface area contributed by atoms with E-state index in [0.717, 1.165) is 23.2 Å². The summed E-state index contributed by atoms with van der Waals surface area (Å²) in [4.78, 5) is 8.52. The number of nitrogen functional groups attached to an aromatic ring is 1. The molecule has 0 amide bonds. The van der Waals surface area contributed by atoms with Gasteiger partial charge < -0.3 is 5.73 Å². The number of pyridine rings is 2. The Labute approximate surface area is 119 Å². The predicted octanol–water partition coefficient (Wildman–Crippen LogP) is 3.29. The summed E-state index contributed by atoms with van der Waals surface area (Å²) in [5.41, 5.74) is 8.87. The molecule has 4 nitrogen and oxygen atoms in total. The molecule has 0 unspecified atom stereocenters. The van der Waals surface area contributed by atoms with Gasteiger partial charge in [0.15, 0.2) is 0 Å². The number of hydrogen-bond acceptors (Lipinski definition) is 4. The van der Waals surface area contributed by atoms with Crippen LogP contribution in [-0.2, 0) is 5.41 Å². The molecule has 2 heterocycles. The van der Waals surface area contributed by atoms with Crippen molar-refractivity contribution in [3.63, 3.8) is 0 Å². The van der Waals surface area contributed by atoms with Crippen LogP contribution in [-0.4, -0.2) is 9.97 Å². The Morgan fingerprint density at radius 2 is 2.15 bits per heavy atom. The Kier molecular flexibility index (Phi) is 3.71. The van der Waals surface area contributed by atoms with E-state index in [9.17, 15) is 5.26 Å². The average Bonchev–Trinajstić information content (AvgIpc) is 2.47. The minimum absolute atomic E-state index is 0.0843. The molecule has 0 aliphatic carbocycles. The summed E-state index contributed by atoms with van der Waals surface area (Å²) in [6.07, 6.45) is 4.38. The van der Waals surface area contributed by atoms with Gasteiger partial charge in [-0.3, -0.25) is 4.98 Å². The fourth-order valence-corrected chi connectivity index (χ4v) is 1.96. The minimum Gasteiger partial charge on any atom is -0.383 e. The zero-order valence-electron chi connectivity index (χ0n) is 12.0. The summed E-state index contributed by atoms with van der Waals surface area (Å²) in [6, 6.07) is 7.86. The van der Waals surface area contributed by atoms with Gasteiger partial charge >= 0.3 is 0 Å². The number of nitriles is 1. The first-order valence-electron chi connectivity index (χ1n) is 6.61. The van der Waals surface area contributed by atoms with Crippen molar-refractivity contribution in [1.29, 1.82) is 5.26 Å². The SMILES string of the molecule is CCC(C)(C)c1cc(-c2cccnc2)c(C#N)c(N)n1. The maximum atomic E-state index is 9.32. The molecule has 0 radical (unpaired) electrons. The zero-order valence-corrected chi connectivity index (χ0v) is 12.0. The van der Waals surface area contributed by atoms with Gasteiger partial charge in [-0.25, -0.2) is 4.98 Å². The average molecular weight is 266 g/mol. The summed E-state index contributed by atoms with van der Waals surface area (Å²) in [7, 11) is 0.